The molecule has 0 atom stereocenters. The van der Waals surface area contributed by atoms with E-state index in [2.05, 4.69) is 5.32 Å². The van der Waals surface area contributed by atoms with Crippen LogP contribution in [0.2, 0.25) is 0 Å². The van der Waals surface area contributed by atoms with E-state index in [1.165, 1.54) is 19.2 Å². The predicted molar refractivity (Wildman–Crippen MR) is 69.3 cm³/mol. The van der Waals surface area contributed by atoms with Crippen molar-refractivity contribution in [2.45, 2.75) is 11.3 Å². The Morgan fingerprint density at radius 1 is 1.40 bits per heavy atom. The summed E-state index contributed by atoms with van der Waals surface area (Å²) in [6, 6.07) is 3.41. The summed E-state index contributed by atoms with van der Waals surface area (Å²) in [6.45, 7) is 0.395. The molecule has 1 aliphatic heterocycles. The second kappa shape index (κ2) is 5.76. The van der Waals surface area contributed by atoms with E-state index in [1.54, 1.807) is 0 Å². The Kier molecular flexibility index (Phi) is 4.24. The molecular formula is C12H15FN2O4S. The van der Waals surface area contributed by atoms with E-state index in [4.69, 9.17) is 4.74 Å². The minimum absolute atomic E-state index is 0.0300. The lowest BCUT2D eigenvalue weighted by Crippen LogP contribution is -2.37. The van der Waals surface area contributed by atoms with Gasteiger partial charge in [0.05, 0.1) is 18.6 Å². The van der Waals surface area contributed by atoms with Crippen molar-refractivity contribution < 1.29 is 22.3 Å². The van der Waals surface area contributed by atoms with Gasteiger partial charge >= 0.3 is 0 Å². The van der Waals surface area contributed by atoms with Crippen molar-refractivity contribution >= 4 is 15.9 Å². The molecule has 6 nitrogen and oxygen atoms in total. The van der Waals surface area contributed by atoms with Gasteiger partial charge in [0, 0.05) is 13.1 Å². The molecule has 1 fully saturated rings. The summed E-state index contributed by atoms with van der Waals surface area (Å²) < 4.78 is 44.2. The Morgan fingerprint density at radius 2 is 2.15 bits per heavy atom. The van der Waals surface area contributed by atoms with Gasteiger partial charge in [0.2, 0.25) is 15.9 Å². The van der Waals surface area contributed by atoms with Crippen LogP contribution in [0.15, 0.2) is 23.1 Å². The SMILES string of the molecule is COc1ccc(S(=O)(=O)N2CCCNC(=O)C2)cc1F. The molecule has 1 aromatic rings. The number of sulfonamides is 1. The van der Waals surface area contributed by atoms with Crippen LogP contribution in [0.5, 0.6) is 5.75 Å². The molecule has 0 bridgehead atoms. The van der Waals surface area contributed by atoms with Gasteiger partial charge in [-0.15, -0.1) is 0 Å². The third-order valence-electron chi connectivity index (χ3n) is 2.99. The standard InChI is InChI=1S/C12H15FN2O4S/c1-19-11-4-3-9(7-10(11)13)20(17,18)15-6-2-5-14-12(16)8-15/h3-4,7H,2,5-6,8H2,1H3,(H,14,16). The predicted octanol–water partition coefficient (Wildman–Crippen LogP) is 0.345. The van der Waals surface area contributed by atoms with E-state index in [9.17, 15) is 17.6 Å². The summed E-state index contributed by atoms with van der Waals surface area (Å²) in [4.78, 5) is 11.2. The number of rotatable bonds is 3. The summed E-state index contributed by atoms with van der Waals surface area (Å²) in [7, 11) is -2.59. The molecule has 1 aliphatic rings. The number of carbonyl (C=O) groups is 1. The van der Waals surface area contributed by atoms with Crippen LogP contribution in [0.1, 0.15) is 6.42 Å². The zero-order valence-electron chi connectivity index (χ0n) is 10.9. The molecule has 1 N–H and O–H groups in total. The number of hydrogen-bond donors (Lipinski definition) is 1. The molecule has 1 heterocycles. The molecule has 0 radical (unpaired) electrons. The Bertz CT molecular complexity index is 618. The zero-order chi connectivity index (χ0) is 14.8. The summed E-state index contributed by atoms with van der Waals surface area (Å²) >= 11 is 0. The van der Waals surface area contributed by atoms with Crippen molar-refractivity contribution in [2.24, 2.45) is 0 Å². The van der Waals surface area contributed by atoms with E-state index < -0.39 is 15.8 Å². The van der Waals surface area contributed by atoms with Crippen molar-refractivity contribution in [2.75, 3.05) is 26.7 Å². The third kappa shape index (κ3) is 2.91. The lowest BCUT2D eigenvalue weighted by molar-refractivity contribution is -0.120. The maximum atomic E-state index is 13.6. The summed E-state index contributed by atoms with van der Waals surface area (Å²) in [5.74, 6) is -1.15. The molecule has 0 unspecified atom stereocenters. The van der Waals surface area contributed by atoms with Gasteiger partial charge in [-0.05, 0) is 24.6 Å². The third-order valence-corrected chi connectivity index (χ3v) is 4.83. The molecule has 0 spiro atoms. The van der Waals surface area contributed by atoms with E-state index >= 15 is 0 Å². The zero-order valence-corrected chi connectivity index (χ0v) is 11.7. The average Bonchev–Trinajstić information content (AvgIpc) is 2.63. The first-order chi connectivity index (χ1) is 9.45. The maximum Gasteiger partial charge on any atom is 0.243 e. The average molecular weight is 302 g/mol. The first-order valence-electron chi connectivity index (χ1n) is 6.05. The van der Waals surface area contributed by atoms with Gasteiger partial charge in [0.25, 0.3) is 0 Å². The normalized spacial score (nSPS) is 17.4. The number of ether oxygens (including phenoxy) is 1. The number of nitrogens with one attached hydrogen (secondary N) is 1. The summed E-state index contributed by atoms with van der Waals surface area (Å²) in [5.41, 5.74) is 0. The number of methoxy groups -OCH3 is 1. The van der Waals surface area contributed by atoms with Crippen molar-refractivity contribution in [3.05, 3.63) is 24.0 Å². The number of benzene rings is 1. The smallest absolute Gasteiger partial charge is 0.243 e. The number of carbonyl (C=O) groups excluding carboxylic acids is 1. The highest BCUT2D eigenvalue weighted by Gasteiger charge is 2.28. The minimum atomic E-state index is -3.89. The Hall–Kier alpha value is -1.67. The fourth-order valence-electron chi connectivity index (χ4n) is 1.94. The first-order valence-corrected chi connectivity index (χ1v) is 7.49. The topological polar surface area (TPSA) is 75.7 Å². The number of halogens is 1. The van der Waals surface area contributed by atoms with E-state index in [-0.39, 0.29) is 29.6 Å². The molecule has 1 saturated heterocycles. The van der Waals surface area contributed by atoms with Gasteiger partial charge in [-0.25, -0.2) is 12.8 Å². The van der Waals surface area contributed by atoms with Crippen LogP contribution in [-0.2, 0) is 14.8 Å². The Morgan fingerprint density at radius 3 is 2.80 bits per heavy atom. The van der Waals surface area contributed by atoms with Crippen LogP contribution in [0.3, 0.4) is 0 Å². The lowest BCUT2D eigenvalue weighted by Gasteiger charge is -2.19. The van der Waals surface area contributed by atoms with E-state index in [1.807, 2.05) is 0 Å². The highest BCUT2D eigenvalue weighted by atomic mass is 32.2. The number of amides is 1. The van der Waals surface area contributed by atoms with Crippen molar-refractivity contribution in [3.63, 3.8) is 0 Å². The van der Waals surface area contributed by atoms with Gasteiger partial charge in [0.1, 0.15) is 0 Å². The summed E-state index contributed by atoms with van der Waals surface area (Å²) in [5, 5.41) is 2.59. The molecule has 110 valence electrons. The Balaban J connectivity index is 2.34. The number of nitrogens with zero attached hydrogens (tertiary/aromatic N) is 1. The van der Waals surface area contributed by atoms with Gasteiger partial charge in [0.15, 0.2) is 11.6 Å². The molecule has 1 amide bonds. The fraction of sp³-hybridized carbons (Fsp3) is 0.417. The quantitative estimate of drug-likeness (QED) is 0.874. The monoisotopic (exact) mass is 302 g/mol. The van der Waals surface area contributed by atoms with Crippen LogP contribution in [-0.4, -0.2) is 45.4 Å². The maximum absolute atomic E-state index is 13.6. The molecule has 20 heavy (non-hydrogen) atoms. The van der Waals surface area contributed by atoms with Gasteiger partial charge in [-0.1, -0.05) is 0 Å². The van der Waals surface area contributed by atoms with E-state index in [0.717, 1.165) is 10.4 Å². The summed E-state index contributed by atoms with van der Waals surface area (Å²) in [6.07, 6.45) is 0.517. The van der Waals surface area contributed by atoms with Crippen LogP contribution >= 0.6 is 0 Å². The van der Waals surface area contributed by atoms with Gasteiger partial charge < -0.3 is 10.1 Å². The minimum Gasteiger partial charge on any atom is -0.494 e. The van der Waals surface area contributed by atoms with Gasteiger partial charge in [-0.2, -0.15) is 4.31 Å². The largest absolute Gasteiger partial charge is 0.494 e. The number of hydrogen-bond acceptors (Lipinski definition) is 4. The second-order valence-corrected chi connectivity index (χ2v) is 6.28. The molecule has 8 heteroatoms. The lowest BCUT2D eigenvalue weighted by atomic mass is 10.3. The molecular weight excluding hydrogens is 287 g/mol. The molecule has 2 rings (SSSR count). The van der Waals surface area contributed by atoms with Crippen LogP contribution in [0.25, 0.3) is 0 Å². The van der Waals surface area contributed by atoms with Crippen LogP contribution in [0.4, 0.5) is 4.39 Å². The second-order valence-electron chi connectivity index (χ2n) is 4.34. The van der Waals surface area contributed by atoms with Crippen LogP contribution < -0.4 is 10.1 Å². The van der Waals surface area contributed by atoms with E-state index in [0.29, 0.717) is 13.0 Å². The van der Waals surface area contributed by atoms with Gasteiger partial charge in [-0.3, -0.25) is 4.79 Å². The Labute approximate surface area is 116 Å². The van der Waals surface area contributed by atoms with Crippen molar-refractivity contribution in [3.8, 4) is 5.75 Å². The van der Waals surface area contributed by atoms with Crippen molar-refractivity contribution in [1.82, 2.24) is 9.62 Å². The molecule has 0 aliphatic carbocycles. The fourth-order valence-corrected chi connectivity index (χ4v) is 3.39. The molecule has 0 aromatic heterocycles. The van der Waals surface area contributed by atoms with Crippen molar-refractivity contribution in [1.29, 1.82) is 0 Å². The first kappa shape index (κ1) is 14.7. The van der Waals surface area contributed by atoms with Crippen LogP contribution in [0, 0.1) is 5.82 Å². The highest BCUT2D eigenvalue weighted by molar-refractivity contribution is 7.89. The molecule has 0 saturated carbocycles. The highest BCUT2D eigenvalue weighted by Crippen LogP contribution is 2.23. The molecule has 1 aromatic carbocycles.